The van der Waals surface area contributed by atoms with Gasteiger partial charge >= 0.3 is 0 Å². The number of aromatic nitrogens is 1. The van der Waals surface area contributed by atoms with Crippen molar-refractivity contribution in [2.75, 3.05) is 5.73 Å². The molecule has 0 saturated carbocycles. The van der Waals surface area contributed by atoms with Crippen LogP contribution in [-0.4, -0.2) is 11.2 Å². The normalized spacial score (nSPS) is 10.9. The van der Waals surface area contributed by atoms with Gasteiger partial charge in [0.15, 0.2) is 0 Å². The van der Waals surface area contributed by atoms with Crippen molar-refractivity contribution < 1.29 is 0 Å². The summed E-state index contributed by atoms with van der Waals surface area (Å²) in [5.41, 5.74) is 9.46. The fourth-order valence-corrected chi connectivity index (χ4v) is 1.68. The first-order valence-corrected chi connectivity index (χ1v) is 5.96. The smallest absolute Gasteiger partial charge is 0.0630 e. The molecule has 0 aliphatic heterocycles. The number of rotatable bonds is 2. The predicted molar refractivity (Wildman–Crippen MR) is 74.8 cm³/mol. The van der Waals surface area contributed by atoms with Crippen molar-refractivity contribution in [2.24, 2.45) is 4.99 Å². The molecule has 0 spiro atoms. The van der Waals surface area contributed by atoms with Gasteiger partial charge in [0, 0.05) is 24.2 Å². The summed E-state index contributed by atoms with van der Waals surface area (Å²) in [7, 11) is 0. The maximum atomic E-state index is 5.89. The van der Waals surface area contributed by atoms with Gasteiger partial charge in [-0.25, -0.2) is 0 Å². The highest BCUT2D eigenvalue weighted by Gasteiger charge is 2.00. The van der Waals surface area contributed by atoms with Crippen LogP contribution in [0.4, 0.5) is 11.4 Å². The number of nitrogen functional groups attached to an aromatic ring is 1. The highest BCUT2D eigenvalue weighted by atomic mass is 79.9. The van der Waals surface area contributed by atoms with Gasteiger partial charge in [0.05, 0.1) is 15.8 Å². The van der Waals surface area contributed by atoms with Crippen LogP contribution in [-0.2, 0) is 0 Å². The van der Waals surface area contributed by atoms with Crippen LogP contribution in [0.25, 0.3) is 0 Å². The monoisotopic (exact) mass is 289 g/mol. The van der Waals surface area contributed by atoms with Crippen LogP contribution in [0, 0.1) is 6.92 Å². The molecule has 17 heavy (non-hydrogen) atoms. The van der Waals surface area contributed by atoms with Crippen LogP contribution in [0.5, 0.6) is 0 Å². The summed E-state index contributed by atoms with van der Waals surface area (Å²) in [6, 6.07) is 7.98. The van der Waals surface area contributed by atoms with Gasteiger partial charge in [-0.3, -0.25) is 9.98 Å². The summed E-state index contributed by atoms with van der Waals surface area (Å²) in [6.45, 7) is 2.05. The Kier molecular flexibility index (Phi) is 3.54. The Hall–Kier alpha value is -1.68. The second kappa shape index (κ2) is 5.10. The van der Waals surface area contributed by atoms with Crippen LogP contribution in [0.2, 0.25) is 0 Å². The van der Waals surface area contributed by atoms with Crippen LogP contribution in [0.15, 0.2) is 46.1 Å². The molecule has 1 aromatic heterocycles. The fourth-order valence-electron chi connectivity index (χ4n) is 1.34. The molecule has 0 aliphatic carbocycles. The molecule has 2 N–H and O–H groups in total. The number of nitrogens with two attached hydrogens (primary N) is 1. The van der Waals surface area contributed by atoms with E-state index in [2.05, 4.69) is 25.9 Å². The van der Waals surface area contributed by atoms with Gasteiger partial charge < -0.3 is 5.73 Å². The number of anilines is 1. The Labute approximate surface area is 109 Å². The van der Waals surface area contributed by atoms with Crippen LogP contribution < -0.4 is 5.73 Å². The SMILES string of the molecule is Cc1ccc(N=Cc2cncc(Br)c2N)cc1. The van der Waals surface area contributed by atoms with E-state index in [1.807, 2.05) is 31.2 Å². The van der Waals surface area contributed by atoms with E-state index in [1.54, 1.807) is 18.6 Å². The molecular formula is C13H12BrN3. The van der Waals surface area contributed by atoms with E-state index < -0.39 is 0 Å². The second-order valence-electron chi connectivity index (χ2n) is 3.72. The topological polar surface area (TPSA) is 51.3 Å². The second-order valence-corrected chi connectivity index (χ2v) is 4.57. The average molecular weight is 290 g/mol. The van der Waals surface area contributed by atoms with Gasteiger partial charge in [0.1, 0.15) is 0 Å². The van der Waals surface area contributed by atoms with Crippen molar-refractivity contribution in [3.63, 3.8) is 0 Å². The number of nitrogens with zero attached hydrogens (tertiary/aromatic N) is 2. The van der Waals surface area contributed by atoms with Crippen molar-refractivity contribution in [3.05, 3.63) is 52.3 Å². The van der Waals surface area contributed by atoms with Crippen molar-refractivity contribution in [1.82, 2.24) is 4.98 Å². The third-order valence-electron chi connectivity index (χ3n) is 2.36. The minimum atomic E-state index is 0.649. The average Bonchev–Trinajstić information content (AvgIpc) is 2.33. The molecular weight excluding hydrogens is 278 g/mol. The minimum Gasteiger partial charge on any atom is -0.397 e. The van der Waals surface area contributed by atoms with Crippen LogP contribution in [0.3, 0.4) is 0 Å². The minimum absolute atomic E-state index is 0.649. The number of halogens is 1. The quantitative estimate of drug-likeness (QED) is 0.861. The Balaban J connectivity index is 2.26. The molecule has 0 amide bonds. The standard InChI is InChI=1S/C13H12BrN3/c1-9-2-4-11(5-3-9)17-7-10-6-16-8-12(14)13(10)15/h2-8H,1H3,(H2,15,16). The number of hydrogen-bond acceptors (Lipinski definition) is 3. The first-order chi connectivity index (χ1) is 8.16. The Morgan fingerprint density at radius 3 is 2.65 bits per heavy atom. The molecule has 0 unspecified atom stereocenters. The van der Waals surface area contributed by atoms with Crippen molar-refractivity contribution in [2.45, 2.75) is 6.92 Å². The molecule has 0 saturated heterocycles. The first kappa shape index (κ1) is 11.8. The lowest BCUT2D eigenvalue weighted by Gasteiger charge is -2.01. The largest absolute Gasteiger partial charge is 0.397 e. The van der Waals surface area contributed by atoms with Gasteiger partial charge in [0.25, 0.3) is 0 Å². The molecule has 4 heteroatoms. The molecule has 2 aromatic rings. The van der Waals surface area contributed by atoms with Crippen LogP contribution in [0.1, 0.15) is 11.1 Å². The van der Waals surface area contributed by atoms with Gasteiger partial charge in [-0.1, -0.05) is 17.7 Å². The molecule has 2 rings (SSSR count). The maximum absolute atomic E-state index is 5.89. The molecule has 1 aromatic carbocycles. The molecule has 0 aliphatic rings. The first-order valence-electron chi connectivity index (χ1n) is 5.16. The number of aliphatic imine (C=N–C) groups is 1. The number of hydrogen-bond donors (Lipinski definition) is 1. The molecule has 0 bridgehead atoms. The zero-order chi connectivity index (χ0) is 12.3. The Morgan fingerprint density at radius 1 is 1.24 bits per heavy atom. The van der Waals surface area contributed by atoms with Crippen molar-refractivity contribution in [1.29, 1.82) is 0 Å². The molecule has 86 valence electrons. The molecule has 0 radical (unpaired) electrons. The highest BCUT2D eigenvalue weighted by Crippen LogP contribution is 2.21. The van der Waals surface area contributed by atoms with E-state index in [0.29, 0.717) is 5.69 Å². The summed E-state index contributed by atoms with van der Waals surface area (Å²) in [6.07, 6.45) is 5.08. The molecule has 0 fully saturated rings. The van der Waals surface area contributed by atoms with E-state index in [9.17, 15) is 0 Å². The van der Waals surface area contributed by atoms with E-state index in [4.69, 9.17) is 5.73 Å². The van der Waals surface area contributed by atoms with E-state index in [-0.39, 0.29) is 0 Å². The zero-order valence-corrected chi connectivity index (χ0v) is 11.0. The van der Waals surface area contributed by atoms with Crippen molar-refractivity contribution in [3.8, 4) is 0 Å². The van der Waals surface area contributed by atoms with Gasteiger partial charge in [-0.2, -0.15) is 0 Å². The lowest BCUT2D eigenvalue weighted by atomic mass is 10.2. The molecule has 0 atom stereocenters. The Bertz CT molecular complexity index is 547. The maximum Gasteiger partial charge on any atom is 0.0630 e. The van der Waals surface area contributed by atoms with E-state index >= 15 is 0 Å². The third-order valence-corrected chi connectivity index (χ3v) is 2.99. The van der Waals surface area contributed by atoms with Gasteiger partial charge in [-0.05, 0) is 35.0 Å². The fraction of sp³-hybridized carbons (Fsp3) is 0.0769. The lowest BCUT2D eigenvalue weighted by molar-refractivity contribution is 1.30. The summed E-state index contributed by atoms with van der Waals surface area (Å²) >= 11 is 3.33. The number of aryl methyl sites for hydroxylation is 1. The van der Waals surface area contributed by atoms with E-state index in [0.717, 1.165) is 15.7 Å². The number of benzene rings is 1. The van der Waals surface area contributed by atoms with Gasteiger partial charge in [-0.15, -0.1) is 0 Å². The van der Waals surface area contributed by atoms with E-state index in [1.165, 1.54) is 5.56 Å². The summed E-state index contributed by atoms with van der Waals surface area (Å²) < 4.78 is 0.783. The summed E-state index contributed by atoms with van der Waals surface area (Å²) in [5, 5.41) is 0. The van der Waals surface area contributed by atoms with Gasteiger partial charge in [0.2, 0.25) is 0 Å². The zero-order valence-electron chi connectivity index (χ0n) is 9.39. The van der Waals surface area contributed by atoms with Crippen molar-refractivity contribution >= 4 is 33.5 Å². The highest BCUT2D eigenvalue weighted by molar-refractivity contribution is 9.10. The summed E-state index contributed by atoms with van der Waals surface area (Å²) in [5.74, 6) is 0. The lowest BCUT2D eigenvalue weighted by Crippen LogP contribution is -1.95. The molecule has 1 heterocycles. The predicted octanol–water partition coefficient (Wildman–Crippen LogP) is 3.49. The third kappa shape index (κ3) is 2.91. The molecule has 3 nitrogen and oxygen atoms in total. The Morgan fingerprint density at radius 2 is 1.94 bits per heavy atom. The summed E-state index contributed by atoms with van der Waals surface area (Å²) in [4.78, 5) is 8.41. The van der Waals surface area contributed by atoms with Crippen LogP contribution >= 0.6 is 15.9 Å². The number of pyridine rings is 1.